The maximum Gasteiger partial charge on any atom is 0.139 e. The number of allylic oxidation sites excluding steroid dienone is 1. The molecule has 1 N–H and O–H groups in total. The highest BCUT2D eigenvalue weighted by atomic mass is 16.3. The fraction of sp³-hybridized carbons (Fsp3) is 0.842. The molecule has 3 fully saturated rings. The summed E-state index contributed by atoms with van der Waals surface area (Å²) >= 11 is 0. The van der Waals surface area contributed by atoms with Crippen LogP contribution in [0.25, 0.3) is 0 Å². The molecule has 2 heteroatoms. The quantitative estimate of drug-likeness (QED) is 0.687. The number of fused-ring (bicyclic) bond motifs is 5. The van der Waals surface area contributed by atoms with Crippen molar-refractivity contribution in [3.63, 3.8) is 0 Å². The molecule has 0 aromatic carbocycles. The van der Waals surface area contributed by atoms with Crippen molar-refractivity contribution in [2.75, 3.05) is 0 Å². The minimum Gasteiger partial charge on any atom is -0.389 e. The number of ketones is 1. The third-order valence-electron chi connectivity index (χ3n) is 7.80. The zero-order valence-electron chi connectivity index (χ0n) is 13.4. The van der Waals surface area contributed by atoms with Crippen LogP contribution in [-0.2, 0) is 4.79 Å². The first-order chi connectivity index (χ1) is 9.95. The molecule has 0 radical (unpaired) electrons. The molecule has 5 unspecified atom stereocenters. The molecule has 21 heavy (non-hydrogen) atoms. The normalized spacial score (nSPS) is 52.7. The van der Waals surface area contributed by atoms with Crippen LogP contribution in [0.4, 0.5) is 0 Å². The number of hydrogen-bond acceptors (Lipinski definition) is 2. The van der Waals surface area contributed by atoms with Gasteiger partial charge in [-0.1, -0.05) is 25.5 Å². The van der Waals surface area contributed by atoms with Crippen molar-refractivity contribution >= 4 is 5.78 Å². The molecule has 4 aliphatic rings. The van der Waals surface area contributed by atoms with Gasteiger partial charge in [0.2, 0.25) is 0 Å². The van der Waals surface area contributed by atoms with Gasteiger partial charge in [0.05, 0.1) is 6.10 Å². The molecule has 0 aromatic rings. The van der Waals surface area contributed by atoms with Crippen LogP contribution < -0.4 is 0 Å². The van der Waals surface area contributed by atoms with E-state index in [0.717, 1.165) is 50.4 Å². The van der Waals surface area contributed by atoms with Gasteiger partial charge in [-0.2, -0.15) is 0 Å². The minimum atomic E-state index is -0.216. The average molecular weight is 288 g/mol. The van der Waals surface area contributed by atoms with Crippen LogP contribution in [-0.4, -0.2) is 17.0 Å². The van der Waals surface area contributed by atoms with Crippen molar-refractivity contribution in [2.24, 2.45) is 28.6 Å². The van der Waals surface area contributed by atoms with Crippen molar-refractivity contribution in [3.8, 4) is 0 Å². The van der Waals surface area contributed by atoms with E-state index in [9.17, 15) is 9.90 Å². The molecule has 6 atom stereocenters. The topological polar surface area (TPSA) is 37.3 Å². The van der Waals surface area contributed by atoms with Gasteiger partial charge >= 0.3 is 0 Å². The zero-order valence-corrected chi connectivity index (χ0v) is 13.4. The second-order valence-corrected chi connectivity index (χ2v) is 8.55. The second-order valence-electron chi connectivity index (χ2n) is 8.55. The summed E-state index contributed by atoms with van der Waals surface area (Å²) in [5.41, 5.74) is 1.82. The maximum absolute atomic E-state index is 12.4. The van der Waals surface area contributed by atoms with Crippen LogP contribution >= 0.6 is 0 Å². The summed E-state index contributed by atoms with van der Waals surface area (Å²) in [6.45, 7) is 4.70. The van der Waals surface area contributed by atoms with Gasteiger partial charge in [0.1, 0.15) is 5.78 Å². The highest BCUT2D eigenvalue weighted by Gasteiger charge is 2.58. The molecule has 0 saturated heterocycles. The maximum atomic E-state index is 12.4. The first-order valence-corrected chi connectivity index (χ1v) is 8.88. The first-order valence-electron chi connectivity index (χ1n) is 8.88. The smallest absolute Gasteiger partial charge is 0.139 e. The Labute approximate surface area is 128 Å². The van der Waals surface area contributed by atoms with Gasteiger partial charge in [-0.05, 0) is 68.1 Å². The van der Waals surface area contributed by atoms with Gasteiger partial charge in [0.15, 0.2) is 0 Å². The lowest BCUT2D eigenvalue weighted by molar-refractivity contribution is -0.132. The molecule has 3 saturated carbocycles. The Morgan fingerprint density at radius 1 is 1.00 bits per heavy atom. The SMILES string of the molecule is CC12CCC3C(CCC4=C[C@H](O)CCC43C)C1CCC2=O. The van der Waals surface area contributed by atoms with E-state index in [1.54, 1.807) is 0 Å². The third kappa shape index (κ3) is 1.78. The van der Waals surface area contributed by atoms with E-state index >= 15 is 0 Å². The average Bonchev–Trinajstić information content (AvgIpc) is 2.76. The van der Waals surface area contributed by atoms with E-state index in [2.05, 4.69) is 19.9 Å². The molecule has 0 bridgehead atoms. The Balaban J connectivity index is 1.69. The van der Waals surface area contributed by atoms with E-state index in [-0.39, 0.29) is 11.5 Å². The molecule has 0 heterocycles. The Morgan fingerprint density at radius 3 is 2.52 bits per heavy atom. The lowest BCUT2D eigenvalue weighted by Crippen LogP contribution is -2.50. The summed E-state index contributed by atoms with van der Waals surface area (Å²) in [6.07, 6.45) is 10.7. The van der Waals surface area contributed by atoms with Crippen molar-refractivity contribution in [1.29, 1.82) is 0 Å². The van der Waals surface area contributed by atoms with Crippen LogP contribution in [0.1, 0.15) is 65.2 Å². The molecule has 116 valence electrons. The number of Topliss-reactive ketones (excluding diaryl/α,β-unsaturated/α-hetero) is 1. The Bertz CT molecular complexity index is 508. The van der Waals surface area contributed by atoms with Gasteiger partial charge in [0, 0.05) is 11.8 Å². The highest BCUT2D eigenvalue weighted by molar-refractivity contribution is 5.87. The third-order valence-corrected chi connectivity index (χ3v) is 7.80. The van der Waals surface area contributed by atoms with Crippen LogP contribution in [0.3, 0.4) is 0 Å². The van der Waals surface area contributed by atoms with Crippen LogP contribution in [0.15, 0.2) is 11.6 Å². The van der Waals surface area contributed by atoms with Gasteiger partial charge in [-0.25, -0.2) is 0 Å². The van der Waals surface area contributed by atoms with E-state index in [0.29, 0.717) is 17.1 Å². The molecule has 4 rings (SSSR count). The molecule has 2 nitrogen and oxygen atoms in total. The van der Waals surface area contributed by atoms with E-state index in [1.165, 1.54) is 18.4 Å². The van der Waals surface area contributed by atoms with Crippen LogP contribution in [0.5, 0.6) is 0 Å². The molecule has 0 aromatic heterocycles. The minimum absolute atomic E-state index is 0.00702. The van der Waals surface area contributed by atoms with E-state index < -0.39 is 0 Å². The van der Waals surface area contributed by atoms with Gasteiger partial charge in [-0.15, -0.1) is 0 Å². The number of hydrogen-bond donors (Lipinski definition) is 1. The molecule has 0 aliphatic heterocycles. The van der Waals surface area contributed by atoms with Crippen molar-refractivity contribution in [2.45, 2.75) is 71.3 Å². The van der Waals surface area contributed by atoms with E-state index in [4.69, 9.17) is 0 Å². The largest absolute Gasteiger partial charge is 0.389 e. The lowest BCUT2D eigenvalue weighted by atomic mass is 9.47. The van der Waals surface area contributed by atoms with Crippen molar-refractivity contribution in [1.82, 2.24) is 0 Å². The molecule has 0 spiro atoms. The van der Waals surface area contributed by atoms with Gasteiger partial charge in [-0.3, -0.25) is 4.79 Å². The Hall–Kier alpha value is -0.630. The highest BCUT2D eigenvalue weighted by Crippen LogP contribution is 2.64. The van der Waals surface area contributed by atoms with Gasteiger partial charge < -0.3 is 5.11 Å². The van der Waals surface area contributed by atoms with Gasteiger partial charge in [0.25, 0.3) is 0 Å². The number of aliphatic hydroxyl groups is 1. The van der Waals surface area contributed by atoms with Crippen molar-refractivity contribution < 1.29 is 9.90 Å². The van der Waals surface area contributed by atoms with E-state index in [1.807, 2.05) is 0 Å². The molecular formula is C19H28O2. The summed E-state index contributed by atoms with van der Waals surface area (Å²) in [5.74, 6) is 2.66. The Morgan fingerprint density at radius 2 is 1.71 bits per heavy atom. The number of carbonyl (C=O) groups excluding carboxylic acids is 1. The monoisotopic (exact) mass is 288 g/mol. The summed E-state index contributed by atoms with van der Waals surface area (Å²) < 4.78 is 0. The summed E-state index contributed by atoms with van der Waals surface area (Å²) in [6, 6.07) is 0. The number of rotatable bonds is 0. The number of carbonyl (C=O) groups is 1. The summed E-state index contributed by atoms with van der Waals surface area (Å²) in [7, 11) is 0. The summed E-state index contributed by atoms with van der Waals surface area (Å²) in [4.78, 5) is 12.4. The summed E-state index contributed by atoms with van der Waals surface area (Å²) in [5, 5.41) is 9.96. The van der Waals surface area contributed by atoms with Crippen molar-refractivity contribution in [3.05, 3.63) is 11.6 Å². The van der Waals surface area contributed by atoms with Crippen LogP contribution in [0, 0.1) is 28.6 Å². The fourth-order valence-corrected chi connectivity index (χ4v) is 6.48. The predicted octanol–water partition coefficient (Wildman–Crippen LogP) is 3.88. The predicted molar refractivity (Wildman–Crippen MR) is 82.7 cm³/mol. The molecule has 0 amide bonds. The first kappa shape index (κ1) is 14.0. The second kappa shape index (κ2) is 4.44. The molecule has 4 aliphatic carbocycles. The fourth-order valence-electron chi connectivity index (χ4n) is 6.48. The standard InChI is InChI=1S/C19H28O2/c1-18-9-7-13(20)11-12(18)3-4-14-15-5-6-17(21)19(15,2)10-8-16(14)18/h11,13-16,20H,3-10H2,1-2H3/t13-,14?,15?,16?,18?,19?/m1/s1. The molecular weight excluding hydrogens is 260 g/mol. The Kier molecular flexibility index (Phi) is 2.96. The lowest BCUT2D eigenvalue weighted by Gasteiger charge is -2.57. The zero-order chi connectivity index (χ0) is 14.8. The number of aliphatic hydroxyl groups excluding tert-OH is 1. The van der Waals surface area contributed by atoms with Crippen LogP contribution in [0.2, 0.25) is 0 Å².